The van der Waals surface area contributed by atoms with Crippen LogP contribution in [-0.2, 0) is 0 Å². The van der Waals surface area contributed by atoms with Crippen molar-refractivity contribution in [3.8, 4) is 0 Å². The molecule has 2 N–H and O–H groups in total. The summed E-state index contributed by atoms with van der Waals surface area (Å²) in [6.45, 7) is 8.86. The van der Waals surface area contributed by atoms with Gasteiger partial charge in [0.05, 0.1) is 0 Å². The van der Waals surface area contributed by atoms with Crippen molar-refractivity contribution in [2.45, 2.75) is 64.5 Å². The summed E-state index contributed by atoms with van der Waals surface area (Å²) in [6, 6.07) is 20.7. The van der Waals surface area contributed by atoms with Gasteiger partial charge in [0.15, 0.2) is 0 Å². The van der Waals surface area contributed by atoms with E-state index in [1.165, 1.54) is 0 Å². The molecule has 2 rings (SSSR count). The molecule has 0 aliphatic rings. The lowest BCUT2D eigenvalue weighted by Crippen LogP contribution is -2.65. The van der Waals surface area contributed by atoms with Crippen LogP contribution in [0.5, 0.6) is 0 Å². The number of hydrogen-bond donors (Lipinski definition) is 2. The van der Waals surface area contributed by atoms with Gasteiger partial charge in [-0.25, -0.2) is 4.84 Å². The van der Waals surface area contributed by atoms with Gasteiger partial charge >= 0.3 is 0 Å². The number of nitrogens with one attached hydrogen (secondary N) is 1. The molecule has 0 aromatic heterocycles. The Hall–Kier alpha value is -1.39. The number of hydrogen-bond acceptors (Lipinski definition) is 2. The van der Waals surface area contributed by atoms with Crippen LogP contribution in [0.4, 0.5) is 0 Å². The second-order valence-electron chi connectivity index (χ2n) is 8.99. The fourth-order valence-electron chi connectivity index (χ4n) is 4.08. The summed E-state index contributed by atoms with van der Waals surface area (Å²) >= 11 is 5.86. The molecule has 29 heavy (non-hydrogen) atoms. The topological polar surface area (TPSA) is 32.3 Å². The average molecular weight is 430 g/mol. The van der Waals surface area contributed by atoms with Crippen LogP contribution in [0.15, 0.2) is 72.8 Å². The fraction of sp³-hybridized carbons (Fsp3) is 0.440. The summed E-state index contributed by atoms with van der Waals surface area (Å²) in [5.41, 5.74) is 0. The minimum absolute atomic E-state index is 0.189. The summed E-state index contributed by atoms with van der Waals surface area (Å²) in [6.07, 6.45) is 8.43. The van der Waals surface area contributed by atoms with Gasteiger partial charge in [0.25, 0.3) is 8.32 Å². The summed E-state index contributed by atoms with van der Waals surface area (Å²) < 4.78 is 0. The van der Waals surface area contributed by atoms with Gasteiger partial charge in [-0.05, 0) is 58.8 Å². The van der Waals surface area contributed by atoms with E-state index in [0.29, 0.717) is 5.92 Å². The van der Waals surface area contributed by atoms with E-state index >= 15 is 0 Å². The Balaban J connectivity index is 2.13. The van der Waals surface area contributed by atoms with Crippen molar-refractivity contribution in [1.82, 2.24) is 4.84 Å². The monoisotopic (exact) mass is 429 g/mol. The SMILES string of the molecule is CC(C)C[C@@H](/C=C/CCCC(C)(C)[Si](O)(c1ccccc1)c1ccccc1)NCl. The molecule has 0 saturated carbocycles. The maximum absolute atomic E-state index is 12.2. The summed E-state index contributed by atoms with van der Waals surface area (Å²) in [4.78, 5) is 15.0. The first-order valence-electron chi connectivity index (χ1n) is 10.7. The molecule has 2 aromatic rings. The van der Waals surface area contributed by atoms with E-state index in [-0.39, 0.29) is 11.1 Å². The van der Waals surface area contributed by atoms with E-state index in [4.69, 9.17) is 11.8 Å². The lowest BCUT2D eigenvalue weighted by Gasteiger charge is -2.41. The van der Waals surface area contributed by atoms with E-state index in [1.807, 2.05) is 36.4 Å². The molecule has 0 radical (unpaired) electrons. The summed E-state index contributed by atoms with van der Waals surface area (Å²) in [5.74, 6) is 0.604. The van der Waals surface area contributed by atoms with Gasteiger partial charge in [-0.15, -0.1) is 0 Å². The van der Waals surface area contributed by atoms with Crippen molar-refractivity contribution in [3.63, 3.8) is 0 Å². The minimum Gasteiger partial charge on any atom is -0.424 e. The molecule has 0 aliphatic carbocycles. The van der Waals surface area contributed by atoms with Crippen molar-refractivity contribution in [2.24, 2.45) is 5.92 Å². The molecule has 0 unspecified atom stereocenters. The van der Waals surface area contributed by atoms with Crippen LogP contribution in [-0.4, -0.2) is 19.2 Å². The van der Waals surface area contributed by atoms with Gasteiger partial charge in [0, 0.05) is 6.04 Å². The third-order valence-electron chi connectivity index (χ3n) is 5.77. The minimum atomic E-state index is -2.90. The van der Waals surface area contributed by atoms with Crippen molar-refractivity contribution in [1.29, 1.82) is 0 Å². The zero-order chi connectivity index (χ0) is 21.3. The fourth-order valence-corrected chi connectivity index (χ4v) is 8.02. The molecular formula is C25H36ClNOSi. The first kappa shape index (κ1) is 23.9. The number of unbranched alkanes of at least 4 members (excludes halogenated alkanes) is 1. The van der Waals surface area contributed by atoms with Crippen LogP contribution in [0.3, 0.4) is 0 Å². The van der Waals surface area contributed by atoms with Crippen LogP contribution in [0.2, 0.25) is 5.04 Å². The van der Waals surface area contributed by atoms with Crippen LogP contribution in [0.25, 0.3) is 0 Å². The standard InChI is InChI=1S/C25H36ClNOSi/c1-21(2)20-22(27-26)14-8-7-13-19-25(3,4)29(28,23-15-9-5-10-16-23)24-17-11-6-12-18-24/h5-6,8-12,14-18,21-22,27-28H,7,13,19-20H2,1-4H3/b14-8+/t22-/m1/s1. The molecule has 0 fully saturated rings. The lowest BCUT2D eigenvalue weighted by atomic mass is 10.0. The molecule has 0 heterocycles. The molecule has 1 atom stereocenters. The van der Waals surface area contributed by atoms with Crippen molar-refractivity contribution in [2.75, 3.05) is 0 Å². The van der Waals surface area contributed by atoms with E-state index < -0.39 is 8.32 Å². The molecule has 158 valence electrons. The van der Waals surface area contributed by atoms with E-state index in [2.05, 4.69) is 68.9 Å². The van der Waals surface area contributed by atoms with Gasteiger partial charge in [-0.3, -0.25) is 0 Å². The molecular weight excluding hydrogens is 394 g/mol. The van der Waals surface area contributed by atoms with Gasteiger partial charge in [0.1, 0.15) is 0 Å². The highest BCUT2D eigenvalue weighted by atomic mass is 35.5. The quantitative estimate of drug-likeness (QED) is 0.217. The van der Waals surface area contributed by atoms with Crippen molar-refractivity contribution < 1.29 is 4.80 Å². The van der Waals surface area contributed by atoms with Crippen LogP contribution in [0.1, 0.15) is 53.4 Å². The van der Waals surface area contributed by atoms with Crippen LogP contribution < -0.4 is 15.2 Å². The number of halogens is 1. The number of rotatable bonds is 11. The Morgan fingerprint density at radius 3 is 1.97 bits per heavy atom. The zero-order valence-electron chi connectivity index (χ0n) is 18.2. The maximum atomic E-state index is 12.2. The average Bonchev–Trinajstić information content (AvgIpc) is 2.72. The predicted molar refractivity (Wildman–Crippen MR) is 129 cm³/mol. The smallest absolute Gasteiger partial charge is 0.258 e. The Bertz CT molecular complexity index is 706. The van der Waals surface area contributed by atoms with Crippen LogP contribution >= 0.6 is 11.8 Å². The zero-order valence-corrected chi connectivity index (χ0v) is 20.0. The summed E-state index contributed by atoms with van der Waals surface area (Å²) in [7, 11) is -2.90. The predicted octanol–water partition coefficient (Wildman–Crippen LogP) is 5.40. The molecule has 0 aliphatic heterocycles. The Kier molecular flexibility index (Phi) is 9.16. The third kappa shape index (κ3) is 6.29. The Morgan fingerprint density at radius 1 is 1.00 bits per heavy atom. The molecule has 4 heteroatoms. The van der Waals surface area contributed by atoms with Crippen molar-refractivity contribution in [3.05, 3.63) is 72.8 Å². The Labute approximate surface area is 183 Å². The van der Waals surface area contributed by atoms with E-state index in [1.54, 1.807) is 0 Å². The molecule has 0 bridgehead atoms. The largest absolute Gasteiger partial charge is 0.424 e. The Morgan fingerprint density at radius 2 is 1.52 bits per heavy atom. The highest BCUT2D eigenvalue weighted by Crippen LogP contribution is 2.40. The first-order chi connectivity index (χ1) is 13.8. The van der Waals surface area contributed by atoms with Crippen LogP contribution in [0, 0.1) is 5.92 Å². The van der Waals surface area contributed by atoms with Gasteiger partial charge in [-0.1, -0.05) is 101 Å². The van der Waals surface area contributed by atoms with Gasteiger partial charge in [-0.2, -0.15) is 0 Å². The molecule has 0 amide bonds. The molecule has 2 nitrogen and oxygen atoms in total. The normalized spacial score (nSPS) is 13.9. The summed E-state index contributed by atoms with van der Waals surface area (Å²) in [5, 5.41) is 1.97. The highest BCUT2D eigenvalue weighted by molar-refractivity contribution is 6.98. The second-order valence-corrected chi connectivity index (χ2v) is 13.1. The van der Waals surface area contributed by atoms with Crippen molar-refractivity contribution >= 4 is 30.5 Å². The first-order valence-corrected chi connectivity index (χ1v) is 13.0. The lowest BCUT2D eigenvalue weighted by molar-refractivity contribution is 0.458. The highest BCUT2D eigenvalue weighted by Gasteiger charge is 2.49. The van der Waals surface area contributed by atoms with Gasteiger partial charge in [0.2, 0.25) is 0 Å². The molecule has 0 saturated heterocycles. The number of allylic oxidation sites excluding steroid dienone is 1. The third-order valence-corrected chi connectivity index (χ3v) is 10.6. The number of benzene rings is 2. The van der Waals surface area contributed by atoms with E-state index in [0.717, 1.165) is 36.1 Å². The molecule has 0 spiro atoms. The second kappa shape index (κ2) is 11.1. The van der Waals surface area contributed by atoms with E-state index in [9.17, 15) is 4.80 Å². The maximum Gasteiger partial charge on any atom is 0.258 e. The molecule has 2 aromatic carbocycles. The van der Waals surface area contributed by atoms with Gasteiger partial charge < -0.3 is 4.80 Å².